The molecule has 0 saturated heterocycles. The van der Waals surface area contributed by atoms with Gasteiger partial charge in [-0.1, -0.05) is 32.1 Å². The summed E-state index contributed by atoms with van der Waals surface area (Å²) in [6.45, 7) is 6.44. The number of hydrogen-bond donors (Lipinski definition) is 2. The third-order valence-electron chi connectivity index (χ3n) is 3.97. The van der Waals surface area contributed by atoms with Crippen molar-refractivity contribution in [3.8, 4) is 11.5 Å². The maximum absolute atomic E-state index is 12.2. The summed E-state index contributed by atoms with van der Waals surface area (Å²) in [5.41, 5.74) is 0.541. The molecule has 4 rings (SSSR count). The van der Waals surface area contributed by atoms with Crippen molar-refractivity contribution in [1.29, 1.82) is 0 Å². The maximum atomic E-state index is 12.2. The van der Waals surface area contributed by atoms with Gasteiger partial charge >= 0.3 is 6.03 Å². The van der Waals surface area contributed by atoms with E-state index in [2.05, 4.69) is 41.4 Å². The number of fused-ring (bicyclic) bond motifs is 1. The zero-order valence-electron chi connectivity index (χ0n) is 16.1. The van der Waals surface area contributed by atoms with Crippen LogP contribution in [0.1, 0.15) is 32.4 Å². The van der Waals surface area contributed by atoms with E-state index in [1.807, 2.05) is 0 Å². The fourth-order valence-corrected chi connectivity index (χ4v) is 4.20. The molecular formula is C19H20N4O4S2. The number of urea groups is 1. The Morgan fingerprint density at radius 2 is 2.00 bits per heavy atom. The van der Waals surface area contributed by atoms with Crippen LogP contribution in [0.2, 0.25) is 0 Å². The van der Waals surface area contributed by atoms with Gasteiger partial charge in [0.1, 0.15) is 5.76 Å². The Labute approximate surface area is 176 Å². The first-order valence-corrected chi connectivity index (χ1v) is 10.7. The predicted octanol–water partition coefficient (Wildman–Crippen LogP) is 5.09. The second-order valence-electron chi connectivity index (χ2n) is 7.29. The van der Waals surface area contributed by atoms with Gasteiger partial charge in [0, 0.05) is 17.2 Å². The van der Waals surface area contributed by atoms with E-state index in [1.54, 1.807) is 42.4 Å². The molecule has 0 saturated carbocycles. The van der Waals surface area contributed by atoms with Crippen molar-refractivity contribution >= 4 is 39.9 Å². The van der Waals surface area contributed by atoms with E-state index in [0.29, 0.717) is 34.0 Å². The molecule has 8 nitrogen and oxygen atoms in total. The number of thioether (sulfide) groups is 1. The first kappa shape index (κ1) is 19.6. The van der Waals surface area contributed by atoms with Crippen LogP contribution >= 0.6 is 23.1 Å². The predicted molar refractivity (Wildman–Crippen MR) is 112 cm³/mol. The van der Waals surface area contributed by atoms with Crippen LogP contribution in [-0.2, 0) is 11.2 Å². The molecule has 0 aliphatic carbocycles. The monoisotopic (exact) mass is 432 g/mol. The number of benzene rings is 1. The highest BCUT2D eigenvalue weighted by Gasteiger charge is 2.19. The van der Waals surface area contributed by atoms with Crippen molar-refractivity contribution in [2.75, 3.05) is 17.4 Å². The lowest BCUT2D eigenvalue weighted by atomic mass is 9.94. The molecule has 0 spiro atoms. The van der Waals surface area contributed by atoms with Gasteiger partial charge in [0.2, 0.25) is 12.7 Å². The van der Waals surface area contributed by atoms with Crippen LogP contribution < -0.4 is 20.1 Å². The van der Waals surface area contributed by atoms with Crippen LogP contribution in [-0.4, -0.2) is 22.8 Å². The van der Waals surface area contributed by atoms with Crippen molar-refractivity contribution in [1.82, 2.24) is 9.97 Å². The van der Waals surface area contributed by atoms with Crippen molar-refractivity contribution < 1.29 is 18.7 Å². The van der Waals surface area contributed by atoms with Crippen molar-refractivity contribution in [2.24, 2.45) is 0 Å². The molecule has 3 heterocycles. The molecule has 2 N–H and O–H groups in total. The molecular weight excluding hydrogens is 412 g/mol. The van der Waals surface area contributed by atoms with Gasteiger partial charge in [-0.2, -0.15) is 0 Å². The van der Waals surface area contributed by atoms with E-state index in [0.717, 1.165) is 9.97 Å². The van der Waals surface area contributed by atoms with Gasteiger partial charge in [0.05, 0.1) is 22.4 Å². The number of nitrogens with one attached hydrogen (secondary N) is 2. The number of thiazole rings is 1. The van der Waals surface area contributed by atoms with E-state index in [4.69, 9.17) is 13.9 Å². The van der Waals surface area contributed by atoms with Crippen LogP contribution in [0.25, 0.3) is 0 Å². The fraction of sp³-hybridized carbons (Fsp3) is 0.316. The molecule has 10 heteroatoms. The van der Waals surface area contributed by atoms with Gasteiger partial charge < -0.3 is 19.2 Å². The Kier molecular flexibility index (Phi) is 5.37. The van der Waals surface area contributed by atoms with E-state index in [-0.39, 0.29) is 18.2 Å². The smallest absolute Gasteiger partial charge is 0.325 e. The summed E-state index contributed by atoms with van der Waals surface area (Å²) in [6, 6.07) is 4.84. The van der Waals surface area contributed by atoms with Crippen LogP contribution in [0, 0.1) is 0 Å². The maximum Gasteiger partial charge on any atom is 0.325 e. The minimum atomic E-state index is -0.378. The van der Waals surface area contributed by atoms with Crippen LogP contribution in [0.15, 0.2) is 39.2 Å². The van der Waals surface area contributed by atoms with Crippen LogP contribution in [0.5, 0.6) is 11.5 Å². The van der Waals surface area contributed by atoms with Gasteiger partial charge in [-0.25, -0.2) is 14.8 Å². The molecule has 1 aliphatic rings. The number of ether oxygens (including phenoxy) is 2. The SMILES string of the molecule is CC(C)(C)c1cnc(CSc2cnc(NC(=O)Nc3ccc4c(c3)OCO4)s2)o1. The zero-order chi connectivity index (χ0) is 20.4. The number of aromatic nitrogens is 2. The fourth-order valence-electron chi connectivity index (χ4n) is 2.47. The molecule has 3 aromatic rings. The molecule has 2 aromatic heterocycles. The number of carbonyl (C=O) groups excluding carboxylic acids is 1. The minimum Gasteiger partial charge on any atom is -0.454 e. The Balaban J connectivity index is 1.29. The largest absolute Gasteiger partial charge is 0.454 e. The van der Waals surface area contributed by atoms with Gasteiger partial charge in [0.15, 0.2) is 16.6 Å². The van der Waals surface area contributed by atoms with Crippen LogP contribution in [0.3, 0.4) is 0 Å². The number of hydrogen-bond acceptors (Lipinski definition) is 8. The molecule has 1 aliphatic heterocycles. The molecule has 0 atom stereocenters. The number of carbonyl (C=O) groups is 1. The molecule has 0 unspecified atom stereocenters. The molecule has 0 radical (unpaired) electrons. The minimum absolute atomic E-state index is 0.0666. The number of oxazole rings is 1. The molecule has 152 valence electrons. The summed E-state index contributed by atoms with van der Waals surface area (Å²) in [7, 11) is 0. The molecule has 1 aromatic carbocycles. The average molecular weight is 433 g/mol. The number of nitrogens with zero attached hydrogens (tertiary/aromatic N) is 2. The third kappa shape index (κ3) is 4.83. The molecule has 0 fully saturated rings. The summed E-state index contributed by atoms with van der Waals surface area (Å²) < 4.78 is 17.3. The molecule has 2 amide bonds. The summed E-state index contributed by atoms with van der Waals surface area (Å²) in [5, 5.41) is 5.99. The Hall–Kier alpha value is -2.72. The van der Waals surface area contributed by atoms with Gasteiger partial charge in [-0.15, -0.1) is 11.8 Å². The molecule has 29 heavy (non-hydrogen) atoms. The van der Waals surface area contributed by atoms with E-state index < -0.39 is 0 Å². The Morgan fingerprint density at radius 3 is 2.79 bits per heavy atom. The third-order valence-corrected chi connectivity index (χ3v) is 6.06. The van der Waals surface area contributed by atoms with Gasteiger partial charge in [0.25, 0.3) is 0 Å². The topological polar surface area (TPSA) is 98.5 Å². The Morgan fingerprint density at radius 1 is 1.17 bits per heavy atom. The van der Waals surface area contributed by atoms with E-state index in [1.165, 1.54) is 11.3 Å². The Bertz CT molecular complexity index is 1030. The van der Waals surface area contributed by atoms with E-state index >= 15 is 0 Å². The number of amides is 2. The van der Waals surface area contributed by atoms with E-state index in [9.17, 15) is 4.79 Å². The first-order chi connectivity index (χ1) is 13.9. The van der Waals surface area contributed by atoms with Crippen molar-refractivity contribution in [3.05, 3.63) is 42.2 Å². The van der Waals surface area contributed by atoms with Crippen molar-refractivity contribution in [3.63, 3.8) is 0 Å². The zero-order valence-corrected chi connectivity index (χ0v) is 17.8. The lowest BCUT2D eigenvalue weighted by Crippen LogP contribution is -2.19. The lowest BCUT2D eigenvalue weighted by molar-refractivity contribution is 0.174. The normalized spacial score (nSPS) is 12.8. The highest BCUT2D eigenvalue weighted by molar-refractivity contribution is 8.00. The summed E-state index contributed by atoms with van der Waals surface area (Å²) in [6.07, 6.45) is 3.50. The highest BCUT2D eigenvalue weighted by Crippen LogP contribution is 2.35. The van der Waals surface area contributed by atoms with Gasteiger partial charge in [-0.3, -0.25) is 5.32 Å². The second kappa shape index (κ2) is 7.96. The number of anilines is 2. The van der Waals surface area contributed by atoms with Gasteiger partial charge in [-0.05, 0) is 12.1 Å². The highest BCUT2D eigenvalue weighted by atomic mass is 32.2. The van der Waals surface area contributed by atoms with Crippen molar-refractivity contribution in [2.45, 2.75) is 36.1 Å². The number of rotatable bonds is 5. The standard InChI is InChI=1S/C19H20N4O4S2/c1-19(2,3)14-7-20-15(27-14)9-28-16-8-21-18(29-16)23-17(24)22-11-4-5-12-13(6-11)26-10-25-12/h4-8H,9-10H2,1-3H3,(H2,21,22,23,24). The second-order valence-corrected chi connectivity index (χ2v) is 9.59. The summed E-state index contributed by atoms with van der Waals surface area (Å²) >= 11 is 2.95. The summed E-state index contributed by atoms with van der Waals surface area (Å²) in [4.78, 5) is 20.8. The first-order valence-electron chi connectivity index (χ1n) is 8.88. The molecule has 0 bridgehead atoms. The van der Waals surface area contributed by atoms with Crippen LogP contribution in [0.4, 0.5) is 15.6 Å². The average Bonchev–Trinajstić information content (AvgIpc) is 3.39. The quantitative estimate of drug-likeness (QED) is 0.542. The summed E-state index contributed by atoms with van der Waals surface area (Å²) in [5.74, 6) is 3.40. The lowest BCUT2D eigenvalue weighted by Gasteiger charge is -2.12.